The molecule has 1 saturated heterocycles. The van der Waals surface area contributed by atoms with Gasteiger partial charge < -0.3 is 10.2 Å². The second-order valence-corrected chi connectivity index (χ2v) is 5.23. The van der Waals surface area contributed by atoms with Gasteiger partial charge in [-0.25, -0.2) is 0 Å². The van der Waals surface area contributed by atoms with Crippen LogP contribution in [0.3, 0.4) is 0 Å². The van der Waals surface area contributed by atoms with Crippen LogP contribution in [0.4, 0.5) is 0 Å². The number of ketones is 1. The van der Waals surface area contributed by atoms with E-state index in [1.807, 2.05) is 6.92 Å². The molecule has 1 amide bonds. The number of fused-ring (bicyclic) bond motifs is 1. The normalized spacial score (nSPS) is 33.0. The lowest BCUT2D eigenvalue weighted by molar-refractivity contribution is -0.135. The van der Waals surface area contributed by atoms with Gasteiger partial charge in [0.1, 0.15) is 0 Å². The molecule has 0 radical (unpaired) electrons. The Morgan fingerprint density at radius 1 is 1.53 bits per heavy atom. The Hall–Kier alpha value is -0.900. The zero-order valence-corrected chi connectivity index (χ0v) is 10.5. The molecule has 0 aromatic heterocycles. The second-order valence-electron chi connectivity index (χ2n) is 5.23. The number of carbonyl (C=O) groups excluding carboxylic acids is 2. The van der Waals surface area contributed by atoms with E-state index in [2.05, 4.69) is 5.32 Å². The minimum Gasteiger partial charge on any atom is -0.335 e. The van der Waals surface area contributed by atoms with Gasteiger partial charge in [0.25, 0.3) is 0 Å². The smallest absolute Gasteiger partial charge is 0.210 e. The minimum atomic E-state index is -0.159. The summed E-state index contributed by atoms with van der Waals surface area (Å²) < 4.78 is 0. The summed E-state index contributed by atoms with van der Waals surface area (Å²) in [4.78, 5) is 24.8. The lowest BCUT2D eigenvalue weighted by Crippen LogP contribution is -2.54. The molecule has 1 saturated carbocycles. The average Bonchev–Trinajstić information content (AvgIpc) is 2.35. The van der Waals surface area contributed by atoms with Crippen molar-refractivity contribution in [2.45, 2.75) is 51.1 Å². The molecule has 1 N–H and O–H groups in total. The van der Waals surface area contributed by atoms with Crippen molar-refractivity contribution in [3.8, 4) is 0 Å². The molecule has 0 aromatic carbocycles. The largest absolute Gasteiger partial charge is 0.335 e. The maximum atomic E-state index is 12.1. The van der Waals surface area contributed by atoms with E-state index in [1.54, 1.807) is 4.90 Å². The molecule has 2 aliphatic rings. The van der Waals surface area contributed by atoms with Crippen LogP contribution in [-0.2, 0) is 9.59 Å². The van der Waals surface area contributed by atoms with Gasteiger partial charge in [0.2, 0.25) is 6.41 Å². The molecule has 1 unspecified atom stereocenters. The molecule has 0 spiro atoms. The van der Waals surface area contributed by atoms with E-state index in [9.17, 15) is 9.59 Å². The van der Waals surface area contributed by atoms with Crippen LogP contribution < -0.4 is 5.32 Å². The van der Waals surface area contributed by atoms with E-state index < -0.39 is 0 Å². The number of nitrogens with zero attached hydrogens (tertiary/aromatic N) is 1. The molecule has 2 fully saturated rings. The first-order valence-electron chi connectivity index (χ1n) is 6.73. The third kappa shape index (κ3) is 2.68. The number of piperidine rings is 1. The lowest BCUT2D eigenvalue weighted by Gasteiger charge is -2.41. The van der Waals surface area contributed by atoms with E-state index in [1.165, 1.54) is 12.8 Å². The van der Waals surface area contributed by atoms with Gasteiger partial charge in [-0.05, 0) is 38.1 Å². The van der Waals surface area contributed by atoms with E-state index in [0.29, 0.717) is 24.9 Å². The summed E-state index contributed by atoms with van der Waals surface area (Å²) in [5.41, 5.74) is 0. The fraction of sp³-hybridized carbons (Fsp3) is 0.846. The quantitative estimate of drug-likeness (QED) is 0.742. The van der Waals surface area contributed by atoms with Gasteiger partial charge in [0, 0.05) is 19.0 Å². The van der Waals surface area contributed by atoms with Crippen LogP contribution in [0.15, 0.2) is 0 Å². The summed E-state index contributed by atoms with van der Waals surface area (Å²) in [7, 11) is 0. The van der Waals surface area contributed by atoms with Gasteiger partial charge in [-0.3, -0.25) is 9.59 Å². The van der Waals surface area contributed by atoms with Crippen molar-refractivity contribution < 1.29 is 9.59 Å². The topological polar surface area (TPSA) is 49.4 Å². The number of nitrogens with one attached hydrogen (secondary N) is 1. The fourth-order valence-corrected chi connectivity index (χ4v) is 3.17. The van der Waals surface area contributed by atoms with Crippen molar-refractivity contribution in [1.82, 2.24) is 10.2 Å². The number of Topliss-reactive ketones (excluding diaryl/α,β-unsaturated/α-hetero) is 1. The molecular formula is C13H22N2O2. The monoisotopic (exact) mass is 238 g/mol. The second kappa shape index (κ2) is 5.63. The maximum Gasteiger partial charge on any atom is 0.210 e. The summed E-state index contributed by atoms with van der Waals surface area (Å²) in [5.74, 6) is 0.812. The highest BCUT2D eigenvalue weighted by Gasteiger charge is 2.39. The zero-order chi connectivity index (χ0) is 12.3. The first-order chi connectivity index (χ1) is 8.26. The molecule has 17 heavy (non-hydrogen) atoms. The van der Waals surface area contributed by atoms with Gasteiger partial charge >= 0.3 is 0 Å². The molecule has 96 valence electrons. The van der Waals surface area contributed by atoms with Crippen molar-refractivity contribution in [2.75, 3.05) is 13.1 Å². The molecular weight excluding hydrogens is 216 g/mol. The van der Waals surface area contributed by atoms with Crippen LogP contribution in [-0.4, -0.2) is 42.3 Å². The maximum absolute atomic E-state index is 12.1. The Morgan fingerprint density at radius 3 is 3.06 bits per heavy atom. The van der Waals surface area contributed by atoms with Crippen LogP contribution in [0, 0.1) is 5.92 Å². The highest BCUT2D eigenvalue weighted by atomic mass is 16.1. The van der Waals surface area contributed by atoms with Gasteiger partial charge in [-0.2, -0.15) is 0 Å². The molecule has 3 atom stereocenters. The van der Waals surface area contributed by atoms with Crippen molar-refractivity contribution in [3.63, 3.8) is 0 Å². The summed E-state index contributed by atoms with van der Waals surface area (Å²) in [6.07, 6.45) is 5.60. The highest BCUT2D eigenvalue weighted by molar-refractivity contribution is 5.87. The summed E-state index contributed by atoms with van der Waals surface area (Å²) in [5, 5.41) is 3.43. The minimum absolute atomic E-state index is 0.159. The van der Waals surface area contributed by atoms with Crippen LogP contribution >= 0.6 is 0 Å². The Balaban J connectivity index is 2.02. The molecule has 4 heteroatoms. The number of hydrogen-bond acceptors (Lipinski definition) is 3. The molecule has 1 heterocycles. The summed E-state index contributed by atoms with van der Waals surface area (Å²) >= 11 is 0. The van der Waals surface area contributed by atoms with Crippen molar-refractivity contribution >= 4 is 12.2 Å². The van der Waals surface area contributed by atoms with Crippen LogP contribution in [0.1, 0.15) is 39.0 Å². The number of carbonyl (C=O) groups is 2. The summed E-state index contributed by atoms with van der Waals surface area (Å²) in [6, 6.07) is 0.205. The first-order valence-corrected chi connectivity index (χ1v) is 6.73. The summed E-state index contributed by atoms with van der Waals surface area (Å²) in [6.45, 7) is 3.77. The van der Waals surface area contributed by atoms with E-state index in [4.69, 9.17) is 0 Å². The lowest BCUT2D eigenvalue weighted by atomic mass is 9.76. The highest BCUT2D eigenvalue weighted by Crippen LogP contribution is 2.31. The van der Waals surface area contributed by atoms with Crippen LogP contribution in [0.25, 0.3) is 0 Å². The number of amides is 1. The van der Waals surface area contributed by atoms with E-state index in [-0.39, 0.29) is 11.8 Å². The molecule has 2 rings (SSSR count). The first kappa shape index (κ1) is 12.6. The van der Waals surface area contributed by atoms with Gasteiger partial charge in [0.05, 0.1) is 6.04 Å². The zero-order valence-electron chi connectivity index (χ0n) is 10.5. The van der Waals surface area contributed by atoms with Gasteiger partial charge in [-0.1, -0.05) is 6.92 Å². The van der Waals surface area contributed by atoms with Crippen LogP contribution in [0.2, 0.25) is 0 Å². The molecule has 0 bridgehead atoms. The Morgan fingerprint density at radius 2 is 2.35 bits per heavy atom. The standard InChI is InChI=1S/C13H22N2O2/c1-2-6-15(9-16)12-7-10-4-3-5-14-11(10)8-13(12)17/h9-12,14H,2-8H2,1H3/t10-,11-,12?/m0/s1. The van der Waals surface area contributed by atoms with Gasteiger partial charge in [0.15, 0.2) is 5.78 Å². The Bertz CT molecular complexity index is 293. The molecule has 1 aliphatic heterocycles. The SMILES string of the molecule is CCCN(C=O)C1C[C@@H]2CCCN[C@H]2CC1=O. The van der Waals surface area contributed by atoms with Crippen molar-refractivity contribution in [1.29, 1.82) is 0 Å². The molecule has 0 aromatic rings. The molecule has 4 nitrogen and oxygen atoms in total. The third-order valence-electron chi connectivity index (χ3n) is 4.06. The number of hydrogen-bond donors (Lipinski definition) is 1. The van der Waals surface area contributed by atoms with Crippen LogP contribution in [0.5, 0.6) is 0 Å². The van der Waals surface area contributed by atoms with E-state index >= 15 is 0 Å². The third-order valence-corrected chi connectivity index (χ3v) is 4.06. The van der Waals surface area contributed by atoms with Gasteiger partial charge in [-0.15, -0.1) is 0 Å². The van der Waals surface area contributed by atoms with E-state index in [0.717, 1.165) is 25.8 Å². The predicted octanol–water partition coefficient (Wildman–Crippen LogP) is 0.954. The van der Waals surface area contributed by atoms with Crippen molar-refractivity contribution in [3.05, 3.63) is 0 Å². The Labute approximate surface area is 103 Å². The Kier molecular flexibility index (Phi) is 4.15. The predicted molar refractivity (Wildman–Crippen MR) is 65.6 cm³/mol. The average molecular weight is 238 g/mol. The van der Waals surface area contributed by atoms with Crippen molar-refractivity contribution in [2.24, 2.45) is 5.92 Å². The fourth-order valence-electron chi connectivity index (χ4n) is 3.17. The molecule has 1 aliphatic carbocycles. The number of rotatable bonds is 4.